The van der Waals surface area contributed by atoms with E-state index in [0.29, 0.717) is 13.1 Å². The van der Waals surface area contributed by atoms with Crippen molar-refractivity contribution in [3.8, 4) is 11.5 Å². The molecule has 0 heterocycles. The van der Waals surface area contributed by atoms with Crippen LogP contribution in [0.3, 0.4) is 0 Å². The van der Waals surface area contributed by atoms with Gasteiger partial charge in [0.15, 0.2) is 0 Å². The molecular formula is C38H64N2O4Ti. The van der Waals surface area contributed by atoms with Gasteiger partial charge in [-0.1, -0.05) is 121 Å². The molecule has 0 radical (unpaired) electrons. The fourth-order valence-electron chi connectivity index (χ4n) is 4.67. The minimum Gasteiger partial charge on any atom is -0.872 e. The molecule has 0 N–H and O–H groups in total. The Morgan fingerprint density at radius 1 is 0.511 bits per heavy atom. The topological polar surface area (TPSA) is 98.7 Å². The average Bonchev–Trinajstić information content (AvgIpc) is 2.83. The number of nitrogens with zero attached hydrogens (tertiary/aromatic N) is 2. The number of hydrogen-bond donors (Lipinski definition) is 0. The number of hydrogen-bond acceptors (Lipinski definition) is 6. The fourth-order valence-corrected chi connectivity index (χ4v) is 4.67. The largest absolute Gasteiger partial charge is 4.00 e. The van der Waals surface area contributed by atoms with Crippen molar-refractivity contribution in [2.45, 2.75) is 132 Å². The second-order valence-corrected chi connectivity index (χ2v) is 16.1. The molecule has 0 bridgehead atoms. The van der Waals surface area contributed by atoms with E-state index in [-0.39, 0.29) is 68.1 Å². The number of likely N-dealkylation sites (N-methyl/N-ethyl adjacent to an activating group) is 2. The summed E-state index contributed by atoms with van der Waals surface area (Å²) in [5.74, 6) is 0.325. The zero-order valence-corrected chi connectivity index (χ0v) is 33.1. The molecule has 0 unspecified atom stereocenters. The van der Waals surface area contributed by atoms with Crippen LogP contribution in [-0.2, 0) is 56.5 Å². The first-order chi connectivity index (χ1) is 19.8. The summed E-state index contributed by atoms with van der Waals surface area (Å²) in [4.78, 5) is 4.44. The SMILES string of the molecule is CC[O-].CC[O-].CN(CCN(C)Cc1cc(C(C)(C)C)cc(C(C)(C)C)c1[O-])Cc1cc(C(C)(C)C)cc(C(C)(C)C)c1[O-].[Ti+4]. The molecule has 2 aromatic rings. The summed E-state index contributed by atoms with van der Waals surface area (Å²) in [6.45, 7) is 31.9. The fraction of sp³-hybridized carbons (Fsp3) is 0.684. The first kappa shape index (κ1) is 45.7. The summed E-state index contributed by atoms with van der Waals surface area (Å²) >= 11 is 0. The summed E-state index contributed by atoms with van der Waals surface area (Å²) in [5, 5.41) is 44.7. The molecule has 0 aliphatic heterocycles. The van der Waals surface area contributed by atoms with Crippen LogP contribution >= 0.6 is 0 Å². The van der Waals surface area contributed by atoms with Gasteiger partial charge < -0.3 is 30.2 Å². The molecule has 0 aromatic heterocycles. The zero-order valence-electron chi connectivity index (χ0n) is 31.6. The Morgan fingerprint density at radius 3 is 0.956 bits per heavy atom. The zero-order chi connectivity index (χ0) is 34.8. The molecule has 0 aliphatic carbocycles. The molecule has 2 aromatic carbocycles. The van der Waals surface area contributed by atoms with Crippen molar-refractivity contribution in [3.05, 3.63) is 57.6 Å². The third-order valence-corrected chi connectivity index (χ3v) is 7.42. The van der Waals surface area contributed by atoms with Gasteiger partial charge in [-0.15, -0.1) is 24.7 Å². The van der Waals surface area contributed by atoms with Gasteiger partial charge in [0.2, 0.25) is 0 Å². The molecule has 0 atom stereocenters. The van der Waals surface area contributed by atoms with Gasteiger partial charge in [-0.3, -0.25) is 0 Å². The van der Waals surface area contributed by atoms with Crippen LogP contribution in [-0.4, -0.2) is 50.2 Å². The Balaban J connectivity index is 0. The molecule has 7 heteroatoms. The molecule has 0 spiro atoms. The average molecular weight is 661 g/mol. The summed E-state index contributed by atoms with van der Waals surface area (Å²) in [5.41, 5.74) is 5.48. The molecule has 0 amide bonds. The van der Waals surface area contributed by atoms with E-state index in [1.165, 1.54) is 11.1 Å². The minimum atomic E-state index is -0.199. The smallest absolute Gasteiger partial charge is 0.872 e. The standard InChI is InChI=1S/C34H56N2O2.2C2H5O.Ti/c1-31(2,3)25-17-23(29(37)27(19-25)33(7,8)9)21-35(13)15-16-36(14)22-24-18-26(32(4,5)6)20-28(30(24)38)34(10,11)12;2*1-2-3;/h17-20,37-38H,15-16,21-22H2,1-14H3;2*2H2,1H3;/q;2*-1;+4/p-2. The maximum atomic E-state index is 13.4. The van der Waals surface area contributed by atoms with E-state index in [2.05, 4.69) is 131 Å². The molecule has 6 nitrogen and oxygen atoms in total. The first-order valence-corrected chi connectivity index (χ1v) is 16.1. The van der Waals surface area contributed by atoms with Crippen LogP contribution in [0.2, 0.25) is 0 Å². The Kier molecular flexibility index (Phi) is 19.1. The van der Waals surface area contributed by atoms with Crippen LogP contribution in [0.5, 0.6) is 11.5 Å². The van der Waals surface area contributed by atoms with Gasteiger partial charge >= 0.3 is 21.7 Å². The van der Waals surface area contributed by atoms with Crippen molar-refractivity contribution in [1.82, 2.24) is 9.80 Å². The normalized spacial score (nSPS) is 12.3. The van der Waals surface area contributed by atoms with Crippen LogP contribution in [0.4, 0.5) is 0 Å². The Labute approximate surface area is 292 Å². The van der Waals surface area contributed by atoms with Gasteiger partial charge in [0, 0.05) is 26.2 Å². The predicted molar refractivity (Wildman–Crippen MR) is 180 cm³/mol. The van der Waals surface area contributed by atoms with Crippen LogP contribution in [0.25, 0.3) is 0 Å². The van der Waals surface area contributed by atoms with Crippen molar-refractivity contribution in [2.75, 3.05) is 40.4 Å². The van der Waals surface area contributed by atoms with Gasteiger partial charge in [0.05, 0.1) is 0 Å². The van der Waals surface area contributed by atoms with E-state index < -0.39 is 0 Å². The molecule has 0 fully saturated rings. The van der Waals surface area contributed by atoms with Gasteiger partial charge in [-0.2, -0.15) is 0 Å². The third-order valence-electron chi connectivity index (χ3n) is 7.42. The van der Waals surface area contributed by atoms with Crippen LogP contribution in [0.1, 0.15) is 130 Å². The molecular weight excluding hydrogens is 596 g/mol. The maximum Gasteiger partial charge on any atom is 4.00 e. The summed E-state index contributed by atoms with van der Waals surface area (Å²) in [6.07, 6.45) is 0. The summed E-state index contributed by atoms with van der Waals surface area (Å²) in [7, 11) is 4.15. The first-order valence-electron chi connectivity index (χ1n) is 16.1. The Bertz CT molecular complexity index is 1060. The van der Waals surface area contributed by atoms with Crippen molar-refractivity contribution < 1.29 is 42.1 Å². The molecule has 254 valence electrons. The van der Waals surface area contributed by atoms with Gasteiger partial charge in [0.1, 0.15) is 0 Å². The van der Waals surface area contributed by atoms with Crippen molar-refractivity contribution in [1.29, 1.82) is 0 Å². The Morgan fingerprint density at radius 2 is 0.756 bits per heavy atom. The Hall–Kier alpha value is -1.41. The minimum absolute atomic E-state index is 0. The van der Waals surface area contributed by atoms with Gasteiger partial charge in [-0.25, -0.2) is 0 Å². The van der Waals surface area contributed by atoms with Crippen LogP contribution in [0.15, 0.2) is 24.3 Å². The molecule has 0 aliphatic rings. The second-order valence-electron chi connectivity index (χ2n) is 16.1. The van der Waals surface area contributed by atoms with Crippen molar-refractivity contribution in [3.63, 3.8) is 0 Å². The molecule has 45 heavy (non-hydrogen) atoms. The van der Waals surface area contributed by atoms with Crippen LogP contribution < -0.4 is 20.4 Å². The van der Waals surface area contributed by atoms with Crippen molar-refractivity contribution in [2.24, 2.45) is 0 Å². The second kappa shape index (κ2) is 18.8. The quantitative estimate of drug-likeness (QED) is 0.373. The third kappa shape index (κ3) is 15.4. The maximum absolute atomic E-state index is 13.4. The van der Waals surface area contributed by atoms with E-state index in [9.17, 15) is 10.2 Å². The van der Waals surface area contributed by atoms with E-state index in [1.807, 2.05) is 0 Å². The molecule has 0 saturated carbocycles. The summed E-state index contributed by atoms with van der Waals surface area (Å²) in [6, 6.07) is 8.43. The molecule has 0 saturated heterocycles. The monoisotopic (exact) mass is 660 g/mol. The van der Waals surface area contributed by atoms with E-state index in [0.717, 1.165) is 35.3 Å². The van der Waals surface area contributed by atoms with Gasteiger partial charge in [-0.05, 0) is 69.1 Å². The van der Waals surface area contributed by atoms with E-state index in [4.69, 9.17) is 10.2 Å². The number of rotatable bonds is 7. The van der Waals surface area contributed by atoms with Gasteiger partial charge in [0.25, 0.3) is 0 Å². The molecule has 2 rings (SSSR count). The summed E-state index contributed by atoms with van der Waals surface area (Å²) < 4.78 is 0. The van der Waals surface area contributed by atoms with Crippen molar-refractivity contribution >= 4 is 0 Å². The van der Waals surface area contributed by atoms with Crippen LogP contribution in [0, 0.1) is 0 Å². The van der Waals surface area contributed by atoms with E-state index in [1.54, 1.807) is 13.8 Å². The predicted octanol–water partition coefficient (Wildman–Crippen LogP) is 5.32. The van der Waals surface area contributed by atoms with E-state index >= 15 is 0 Å². The number of benzene rings is 2.